The maximum atomic E-state index is 11.9. The Morgan fingerprint density at radius 2 is 2.06 bits per heavy atom. The van der Waals surface area contributed by atoms with E-state index in [1.165, 1.54) is 11.3 Å². The Balaban J connectivity index is 2.13. The maximum Gasteiger partial charge on any atom is 0.262 e. The summed E-state index contributed by atoms with van der Waals surface area (Å²) in [5.74, 6) is -0.211. The zero-order valence-electron chi connectivity index (χ0n) is 9.88. The Bertz CT molecular complexity index is 567. The fraction of sp³-hybridized carbons (Fsp3) is 0.143. The van der Waals surface area contributed by atoms with Crippen LogP contribution >= 0.6 is 11.3 Å². The normalized spacial score (nSPS) is 11.6. The molecule has 1 aromatic carbocycles. The number of benzene rings is 1. The molecule has 0 aliphatic carbocycles. The molecule has 2 aromatic rings. The van der Waals surface area contributed by atoms with Crippen molar-refractivity contribution in [3.63, 3.8) is 0 Å². The van der Waals surface area contributed by atoms with Crippen molar-refractivity contribution >= 4 is 17.2 Å². The summed E-state index contributed by atoms with van der Waals surface area (Å²) in [5.41, 5.74) is 1.92. The van der Waals surface area contributed by atoms with Crippen molar-refractivity contribution in [2.45, 2.75) is 13.0 Å². The van der Waals surface area contributed by atoms with Gasteiger partial charge in [-0.1, -0.05) is 35.9 Å². The third-order valence-electron chi connectivity index (χ3n) is 2.56. The number of carbonyl (C=O) groups is 1. The molecule has 3 nitrogen and oxygen atoms in total. The van der Waals surface area contributed by atoms with Gasteiger partial charge >= 0.3 is 0 Å². The second kappa shape index (κ2) is 5.48. The van der Waals surface area contributed by atoms with E-state index in [4.69, 9.17) is 5.26 Å². The molecule has 0 bridgehead atoms. The molecule has 0 saturated carbocycles. The number of nitriles is 1. The molecule has 2 rings (SSSR count). The number of nitrogens with one attached hydrogen (secondary N) is 1. The summed E-state index contributed by atoms with van der Waals surface area (Å²) in [6.45, 7) is 1.98. The number of thiophene rings is 1. The molecule has 0 aliphatic heterocycles. The molecule has 0 saturated heterocycles. The van der Waals surface area contributed by atoms with E-state index in [1.54, 1.807) is 6.07 Å². The standard InChI is InChI=1S/C14H12N2OS/c1-10-4-6-11(7-5-10)12(9-15)16-14(17)13-3-2-8-18-13/h2-8,12H,1H3,(H,16,17). The highest BCUT2D eigenvalue weighted by Gasteiger charge is 2.15. The lowest BCUT2D eigenvalue weighted by atomic mass is 10.1. The van der Waals surface area contributed by atoms with Crippen LogP contribution in [0.5, 0.6) is 0 Å². The van der Waals surface area contributed by atoms with Gasteiger partial charge in [0.05, 0.1) is 10.9 Å². The number of nitrogens with zero attached hydrogens (tertiary/aromatic N) is 1. The number of hydrogen-bond acceptors (Lipinski definition) is 3. The minimum atomic E-state index is -0.611. The Morgan fingerprint density at radius 1 is 1.33 bits per heavy atom. The molecule has 1 amide bonds. The van der Waals surface area contributed by atoms with Crippen molar-refractivity contribution < 1.29 is 4.79 Å². The van der Waals surface area contributed by atoms with Gasteiger partial charge in [-0.05, 0) is 23.9 Å². The molecule has 1 unspecified atom stereocenters. The summed E-state index contributed by atoms with van der Waals surface area (Å²) >= 11 is 1.36. The van der Waals surface area contributed by atoms with Crippen LogP contribution in [-0.4, -0.2) is 5.91 Å². The van der Waals surface area contributed by atoms with Crippen LogP contribution in [0.2, 0.25) is 0 Å². The fourth-order valence-corrected chi connectivity index (χ4v) is 2.19. The highest BCUT2D eigenvalue weighted by molar-refractivity contribution is 7.12. The summed E-state index contributed by atoms with van der Waals surface area (Å²) in [7, 11) is 0. The van der Waals surface area contributed by atoms with Crippen molar-refractivity contribution in [3.05, 3.63) is 57.8 Å². The van der Waals surface area contributed by atoms with Gasteiger partial charge in [-0.25, -0.2) is 0 Å². The largest absolute Gasteiger partial charge is 0.332 e. The Hall–Kier alpha value is -2.12. The first-order valence-electron chi connectivity index (χ1n) is 5.51. The van der Waals surface area contributed by atoms with E-state index < -0.39 is 6.04 Å². The average molecular weight is 256 g/mol. The summed E-state index contributed by atoms with van der Waals surface area (Å²) in [6.07, 6.45) is 0. The van der Waals surface area contributed by atoms with Gasteiger partial charge in [0.2, 0.25) is 0 Å². The molecule has 4 heteroatoms. The minimum Gasteiger partial charge on any atom is -0.332 e. The molecule has 1 aromatic heterocycles. The van der Waals surface area contributed by atoms with Gasteiger partial charge in [-0.15, -0.1) is 11.3 Å². The lowest BCUT2D eigenvalue weighted by molar-refractivity contribution is 0.0949. The molecule has 0 fully saturated rings. The summed E-state index contributed by atoms with van der Waals surface area (Å²) in [5, 5.41) is 13.7. The van der Waals surface area contributed by atoms with E-state index >= 15 is 0 Å². The highest BCUT2D eigenvalue weighted by Crippen LogP contribution is 2.15. The molecule has 90 valence electrons. The van der Waals surface area contributed by atoms with Crippen LogP contribution in [0, 0.1) is 18.3 Å². The minimum absolute atomic E-state index is 0.211. The van der Waals surface area contributed by atoms with Crippen LogP contribution in [0.4, 0.5) is 0 Å². The smallest absolute Gasteiger partial charge is 0.262 e. The van der Waals surface area contributed by atoms with E-state index in [0.717, 1.165) is 11.1 Å². The average Bonchev–Trinajstić information content (AvgIpc) is 2.91. The first-order valence-corrected chi connectivity index (χ1v) is 6.39. The number of carbonyl (C=O) groups excluding carboxylic acids is 1. The van der Waals surface area contributed by atoms with Crippen LogP contribution in [0.25, 0.3) is 0 Å². The Kier molecular flexibility index (Phi) is 3.75. The van der Waals surface area contributed by atoms with Crippen LogP contribution < -0.4 is 5.32 Å². The summed E-state index contributed by atoms with van der Waals surface area (Å²) in [6, 6.07) is 12.6. The first-order chi connectivity index (χ1) is 8.70. The number of hydrogen-bond donors (Lipinski definition) is 1. The number of aryl methyl sites for hydroxylation is 1. The van der Waals surface area contributed by atoms with Crippen molar-refractivity contribution in [1.29, 1.82) is 5.26 Å². The highest BCUT2D eigenvalue weighted by atomic mass is 32.1. The van der Waals surface area contributed by atoms with E-state index in [9.17, 15) is 4.79 Å². The lowest BCUT2D eigenvalue weighted by Gasteiger charge is -2.11. The molecular weight excluding hydrogens is 244 g/mol. The molecular formula is C14H12N2OS. The van der Waals surface area contributed by atoms with Crippen molar-refractivity contribution in [2.24, 2.45) is 0 Å². The molecule has 0 radical (unpaired) electrons. The maximum absolute atomic E-state index is 11.9. The van der Waals surface area contributed by atoms with Crippen molar-refractivity contribution in [1.82, 2.24) is 5.32 Å². The summed E-state index contributed by atoms with van der Waals surface area (Å²) in [4.78, 5) is 12.5. The number of rotatable bonds is 3. The monoisotopic (exact) mass is 256 g/mol. The van der Waals surface area contributed by atoms with Gasteiger partial charge in [-0.3, -0.25) is 4.79 Å². The van der Waals surface area contributed by atoms with Crippen molar-refractivity contribution in [3.8, 4) is 6.07 Å². The van der Waals surface area contributed by atoms with Crippen molar-refractivity contribution in [2.75, 3.05) is 0 Å². The van der Waals surface area contributed by atoms with Crippen LogP contribution in [0.15, 0.2) is 41.8 Å². The second-order valence-electron chi connectivity index (χ2n) is 3.92. The quantitative estimate of drug-likeness (QED) is 0.917. The van der Waals surface area contributed by atoms with E-state index in [2.05, 4.69) is 11.4 Å². The number of amides is 1. The topological polar surface area (TPSA) is 52.9 Å². The molecule has 1 atom stereocenters. The van der Waals surface area contributed by atoms with Gasteiger partial charge in [0.25, 0.3) is 5.91 Å². The fourth-order valence-electron chi connectivity index (χ4n) is 1.56. The predicted octanol–water partition coefficient (Wildman–Crippen LogP) is 3.05. The lowest BCUT2D eigenvalue weighted by Crippen LogP contribution is -2.26. The van der Waals surface area contributed by atoms with E-state index in [1.807, 2.05) is 42.6 Å². The Labute approximate surface area is 110 Å². The van der Waals surface area contributed by atoms with Crippen LogP contribution in [-0.2, 0) is 0 Å². The first kappa shape index (κ1) is 12.3. The van der Waals surface area contributed by atoms with Gasteiger partial charge in [0, 0.05) is 0 Å². The molecule has 1 N–H and O–H groups in total. The zero-order valence-corrected chi connectivity index (χ0v) is 10.7. The van der Waals surface area contributed by atoms with Gasteiger partial charge < -0.3 is 5.32 Å². The van der Waals surface area contributed by atoms with Gasteiger partial charge in [-0.2, -0.15) is 5.26 Å². The predicted molar refractivity (Wildman–Crippen MR) is 71.3 cm³/mol. The third-order valence-corrected chi connectivity index (χ3v) is 3.43. The van der Waals surface area contributed by atoms with Gasteiger partial charge in [0.15, 0.2) is 0 Å². The zero-order chi connectivity index (χ0) is 13.0. The van der Waals surface area contributed by atoms with E-state index in [-0.39, 0.29) is 5.91 Å². The second-order valence-corrected chi connectivity index (χ2v) is 4.87. The SMILES string of the molecule is Cc1ccc(C(C#N)NC(=O)c2cccs2)cc1. The molecule has 1 heterocycles. The summed E-state index contributed by atoms with van der Waals surface area (Å²) < 4.78 is 0. The molecule has 18 heavy (non-hydrogen) atoms. The third kappa shape index (κ3) is 2.76. The van der Waals surface area contributed by atoms with Crippen LogP contribution in [0.3, 0.4) is 0 Å². The van der Waals surface area contributed by atoms with Gasteiger partial charge in [0.1, 0.15) is 6.04 Å². The Morgan fingerprint density at radius 3 is 2.61 bits per heavy atom. The van der Waals surface area contributed by atoms with Crippen LogP contribution in [0.1, 0.15) is 26.8 Å². The molecule has 0 spiro atoms. The van der Waals surface area contributed by atoms with E-state index in [0.29, 0.717) is 4.88 Å². The molecule has 0 aliphatic rings.